The van der Waals surface area contributed by atoms with Crippen LogP contribution >= 0.6 is 12.4 Å². The van der Waals surface area contributed by atoms with Crippen LogP contribution < -0.4 is 11.5 Å². The average molecular weight is 290 g/mol. The molecular weight excluding hydrogens is 279 g/mol. The Bertz CT molecular complexity index is 585. The number of nitrogen functional groups attached to an aromatic ring is 2. The first kappa shape index (κ1) is 15.1. The summed E-state index contributed by atoms with van der Waals surface area (Å²) >= 11 is 0. The van der Waals surface area contributed by atoms with Crippen molar-refractivity contribution in [3.63, 3.8) is 0 Å². The van der Waals surface area contributed by atoms with Gasteiger partial charge in [-0.2, -0.15) is 13.2 Å². The van der Waals surface area contributed by atoms with Crippen molar-refractivity contribution in [2.24, 2.45) is 0 Å². The number of hydrogen-bond acceptors (Lipinski definition) is 3. The minimum absolute atomic E-state index is 0. The van der Waals surface area contributed by atoms with Gasteiger partial charge in [-0.3, -0.25) is 4.98 Å². The molecule has 102 valence electrons. The molecule has 0 aliphatic carbocycles. The van der Waals surface area contributed by atoms with Crippen molar-refractivity contribution in [1.29, 1.82) is 0 Å². The average Bonchev–Trinajstić information content (AvgIpc) is 2.31. The second-order valence-electron chi connectivity index (χ2n) is 3.74. The quantitative estimate of drug-likeness (QED) is 0.791. The van der Waals surface area contributed by atoms with Gasteiger partial charge in [0.25, 0.3) is 0 Å². The summed E-state index contributed by atoms with van der Waals surface area (Å²) in [6, 6.07) is 6.56. The van der Waals surface area contributed by atoms with Crippen LogP contribution in [0.4, 0.5) is 24.5 Å². The smallest absolute Gasteiger partial charge is 0.399 e. The molecule has 4 N–H and O–H groups in total. The monoisotopic (exact) mass is 289 g/mol. The van der Waals surface area contributed by atoms with Crippen LogP contribution in [0.15, 0.2) is 36.5 Å². The molecule has 0 fully saturated rings. The zero-order valence-electron chi connectivity index (χ0n) is 9.61. The van der Waals surface area contributed by atoms with Crippen LogP contribution in [0.3, 0.4) is 0 Å². The highest BCUT2D eigenvalue weighted by molar-refractivity contribution is 5.85. The molecule has 0 spiro atoms. The Balaban J connectivity index is 0.00000180. The predicted molar refractivity (Wildman–Crippen MR) is 70.7 cm³/mol. The van der Waals surface area contributed by atoms with E-state index in [1.165, 1.54) is 30.5 Å². The van der Waals surface area contributed by atoms with Crippen LogP contribution in [0.5, 0.6) is 0 Å². The summed E-state index contributed by atoms with van der Waals surface area (Å²) in [4.78, 5) is 3.76. The zero-order chi connectivity index (χ0) is 13.3. The molecule has 0 bridgehead atoms. The number of rotatable bonds is 1. The molecule has 19 heavy (non-hydrogen) atoms. The van der Waals surface area contributed by atoms with Gasteiger partial charge in [-0.25, -0.2) is 0 Å². The van der Waals surface area contributed by atoms with Gasteiger partial charge >= 0.3 is 6.18 Å². The lowest BCUT2D eigenvalue weighted by Crippen LogP contribution is -2.09. The Morgan fingerprint density at radius 2 is 1.74 bits per heavy atom. The molecule has 1 aromatic carbocycles. The molecule has 1 heterocycles. The minimum Gasteiger partial charge on any atom is -0.399 e. The summed E-state index contributed by atoms with van der Waals surface area (Å²) in [6.45, 7) is 0. The molecule has 3 nitrogen and oxygen atoms in total. The zero-order valence-corrected chi connectivity index (χ0v) is 10.4. The first-order valence-electron chi connectivity index (χ1n) is 5.07. The maximum absolute atomic E-state index is 12.9. The van der Waals surface area contributed by atoms with E-state index < -0.39 is 11.7 Å². The number of benzene rings is 1. The molecule has 0 aliphatic heterocycles. The number of nitrogens with two attached hydrogens (primary N) is 2. The van der Waals surface area contributed by atoms with Crippen LogP contribution in [-0.2, 0) is 6.18 Å². The molecule has 0 amide bonds. The van der Waals surface area contributed by atoms with Crippen molar-refractivity contribution in [3.05, 3.63) is 42.1 Å². The van der Waals surface area contributed by atoms with Crippen LogP contribution in [0.25, 0.3) is 11.3 Å². The number of halogens is 4. The lowest BCUT2D eigenvalue weighted by molar-refractivity contribution is -0.137. The van der Waals surface area contributed by atoms with Gasteiger partial charge in [0.05, 0.1) is 11.3 Å². The van der Waals surface area contributed by atoms with E-state index in [-0.39, 0.29) is 29.4 Å². The van der Waals surface area contributed by atoms with Crippen molar-refractivity contribution in [2.75, 3.05) is 11.5 Å². The topological polar surface area (TPSA) is 64.9 Å². The van der Waals surface area contributed by atoms with E-state index in [9.17, 15) is 13.2 Å². The van der Waals surface area contributed by atoms with Gasteiger partial charge in [-0.05, 0) is 30.3 Å². The van der Waals surface area contributed by atoms with Gasteiger partial charge in [-0.15, -0.1) is 12.4 Å². The maximum Gasteiger partial charge on any atom is 0.418 e. The molecule has 0 radical (unpaired) electrons. The van der Waals surface area contributed by atoms with Crippen LogP contribution in [0.2, 0.25) is 0 Å². The molecule has 2 rings (SSSR count). The summed E-state index contributed by atoms with van der Waals surface area (Å²) in [5, 5.41) is 0. The van der Waals surface area contributed by atoms with Crippen molar-refractivity contribution in [2.45, 2.75) is 6.18 Å². The summed E-state index contributed by atoms with van der Waals surface area (Å²) in [6.07, 6.45) is -3.20. The standard InChI is InChI=1S/C12H10F3N3.ClH/c13-12(14,15)9-2-1-5-18-11(9)8-6-7(16)3-4-10(8)17;/h1-6H,16-17H2;1H. The lowest BCUT2D eigenvalue weighted by Gasteiger charge is -2.13. The van der Waals surface area contributed by atoms with Crippen LogP contribution in [-0.4, -0.2) is 4.98 Å². The molecular formula is C12H11ClF3N3. The maximum atomic E-state index is 12.9. The van der Waals surface area contributed by atoms with E-state index in [1.54, 1.807) is 0 Å². The van der Waals surface area contributed by atoms with Gasteiger partial charge in [0.1, 0.15) is 0 Å². The highest BCUT2D eigenvalue weighted by Crippen LogP contribution is 2.37. The second-order valence-corrected chi connectivity index (χ2v) is 3.74. The predicted octanol–water partition coefficient (Wildman–Crippen LogP) is 3.35. The molecule has 0 atom stereocenters. The van der Waals surface area contributed by atoms with Gasteiger partial charge in [0.15, 0.2) is 0 Å². The molecule has 0 aliphatic rings. The van der Waals surface area contributed by atoms with Gasteiger partial charge in [0.2, 0.25) is 0 Å². The number of hydrogen-bond donors (Lipinski definition) is 2. The van der Waals surface area contributed by atoms with Gasteiger partial charge in [0, 0.05) is 23.1 Å². The molecule has 7 heteroatoms. The van der Waals surface area contributed by atoms with Crippen molar-refractivity contribution in [3.8, 4) is 11.3 Å². The number of aromatic nitrogens is 1. The molecule has 1 aromatic heterocycles. The highest BCUT2D eigenvalue weighted by atomic mass is 35.5. The third-order valence-corrected chi connectivity index (χ3v) is 2.45. The van der Waals surface area contributed by atoms with Crippen molar-refractivity contribution >= 4 is 23.8 Å². The van der Waals surface area contributed by atoms with E-state index in [0.29, 0.717) is 5.69 Å². The Labute approximate surface area is 113 Å². The summed E-state index contributed by atoms with van der Waals surface area (Å²) in [5.41, 5.74) is 10.9. The Morgan fingerprint density at radius 1 is 1.05 bits per heavy atom. The lowest BCUT2D eigenvalue weighted by atomic mass is 10.0. The summed E-state index contributed by atoms with van der Waals surface area (Å²) in [5.74, 6) is 0. The van der Waals surface area contributed by atoms with E-state index in [4.69, 9.17) is 11.5 Å². The number of anilines is 2. The van der Waals surface area contributed by atoms with E-state index in [2.05, 4.69) is 4.98 Å². The van der Waals surface area contributed by atoms with E-state index in [1.807, 2.05) is 0 Å². The van der Waals surface area contributed by atoms with E-state index >= 15 is 0 Å². The number of alkyl halides is 3. The van der Waals surface area contributed by atoms with E-state index in [0.717, 1.165) is 6.07 Å². The Hall–Kier alpha value is -1.95. The van der Waals surface area contributed by atoms with Gasteiger partial charge < -0.3 is 11.5 Å². The molecule has 0 saturated heterocycles. The number of nitrogens with zero attached hydrogens (tertiary/aromatic N) is 1. The molecule has 2 aromatic rings. The van der Waals surface area contributed by atoms with Crippen LogP contribution in [0, 0.1) is 0 Å². The fourth-order valence-electron chi connectivity index (χ4n) is 1.63. The van der Waals surface area contributed by atoms with Gasteiger partial charge in [-0.1, -0.05) is 0 Å². The summed E-state index contributed by atoms with van der Waals surface area (Å²) < 4.78 is 38.6. The second kappa shape index (κ2) is 5.36. The third-order valence-electron chi connectivity index (χ3n) is 2.45. The summed E-state index contributed by atoms with van der Waals surface area (Å²) in [7, 11) is 0. The first-order valence-corrected chi connectivity index (χ1v) is 5.07. The van der Waals surface area contributed by atoms with Crippen LogP contribution in [0.1, 0.15) is 5.56 Å². The fraction of sp³-hybridized carbons (Fsp3) is 0.0833. The minimum atomic E-state index is -4.49. The largest absolute Gasteiger partial charge is 0.418 e. The van der Waals surface area contributed by atoms with Crippen molar-refractivity contribution < 1.29 is 13.2 Å². The Kier molecular flexibility index (Phi) is 4.26. The number of pyridine rings is 1. The fourth-order valence-corrected chi connectivity index (χ4v) is 1.63. The van der Waals surface area contributed by atoms with Crippen molar-refractivity contribution in [1.82, 2.24) is 4.98 Å². The first-order chi connectivity index (χ1) is 8.39. The molecule has 0 unspecified atom stereocenters. The normalized spacial score (nSPS) is 10.9. The SMILES string of the molecule is Cl.Nc1ccc(N)c(-c2ncccc2C(F)(F)F)c1. The highest BCUT2D eigenvalue weighted by Gasteiger charge is 2.34. The Morgan fingerprint density at radius 3 is 2.37 bits per heavy atom. The third kappa shape index (κ3) is 3.08. The molecule has 0 saturated carbocycles.